The van der Waals surface area contributed by atoms with Gasteiger partial charge in [-0.15, -0.1) is 0 Å². The molecular weight excluding hydrogens is 461 g/mol. The lowest BCUT2D eigenvalue weighted by molar-refractivity contribution is -0.383. The smallest absolute Gasteiger partial charge is 0.354 e. The Morgan fingerprint density at radius 1 is 0.861 bits per heavy atom. The summed E-state index contributed by atoms with van der Waals surface area (Å²) in [6.07, 6.45) is 2.99. The molecule has 10 heteroatoms. The molecule has 1 fully saturated rings. The fourth-order valence-corrected chi connectivity index (χ4v) is 4.36. The predicted molar refractivity (Wildman–Crippen MR) is 136 cm³/mol. The number of nitro groups is 1. The summed E-state index contributed by atoms with van der Waals surface area (Å²) >= 11 is 0. The van der Waals surface area contributed by atoms with Gasteiger partial charge in [-0.05, 0) is 29.8 Å². The molecule has 0 bridgehead atoms. The van der Waals surface area contributed by atoms with E-state index >= 15 is 0 Å². The lowest BCUT2D eigenvalue weighted by Gasteiger charge is -2.36. The van der Waals surface area contributed by atoms with Crippen LogP contribution in [0.4, 0.5) is 33.2 Å². The van der Waals surface area contributed by atoms with Crippen LogP contribution in [0.5, 0.6) is 0 Å². The zero-order valence-corrected chi connectivity index (χ0v) is 19.4. The van der Waals surface area contributed by atoms with Crippen LogP contribution in [0.2, 0.25) is 0 Å². The van der Waals surface area contributed by atoms with Crippen molar-refractivity contribution >= 4 is 28.8 Å². The molecule has 3 heterocycles. The Morgan fingerprint density at radius 3 is 2.25 bits per heavy atom. The Bertz CT molecular complexity index is 1330. The minimum Gasteiger partial charge on any atom is -0.366 e. The average Bonchev–Trinajstić information content (AvgIpc) is 2.93. The fraction of sp³-hybridized carbons (Fsp3) is 0.192. The summed E-state index contributed by atoms with van der Waals surface area (Å²) in [5, 5.41) is 12.4. The molecule has 5 rings (SSSR count). The van der Waals surface area contributed by atoms with Gasteiger partial charge in [0, 0.05) is 32.4 Å². The van der Waals surface area contributed by atoms with Gasteiger partial charge in [0.25, 0.3) is 0 Å². The van der Waals surface area contributed by atoms with Gasteiger partial charge in [0.1, 0.15) is 18.0 Å². The molecule has 36 heavy (non-hydrogen) atoms. The summed E-state index contributed by atoms with van der Waals surface area (Å²) in [7, 11) is 0. The summed E-state index contributed by atoms with van der Waals surface area (Å²) in [5.41, 5.74) is 1.30. The van der Waals surface area contributed by atoms with E-state index in [1.54, 1.807) is 41.4 Å². The lowest BCUT2D eigenvalue weighted by Crippen LogP contribution is -2.47. The maximum absolute atomic E-state index is 14.3. The van der Waals surface area contributed by atoms with Crippen molar-refractivity contribution in [2.75, 3.05) is 40.9 Å². The van der Waals surface area contributed by atoms with Crippen LogP contribution in [-0.2, 0) is 6.54 Å². The number of hydrogen-bond acceptors (Lipinski definition) is 8. The summed E-state index contributed by atoms with van der Waals surface area (Å²) in [6, 6.07) is 21.7. The normalized spacial score (nSPS) is 13.5. The number of anilines is 4. The Labute approximate surface area is 207 Å². The molecule has 2 aromatic carbocycles. The van der Waals surface area contributed by atoms with Gasteiger partial charge in [-0.1, -0.05) is 48.5 Å². The number of nitrogens with zero attached hydrogens (tertiary/aromatic N) is 7. The van der Waals surface area contributed by atoms with E-state index in [0.29, 0.717) is 44.2 Å². The lowest BCUT2D eigenvalue weighted by atomic mass is 10.2. The molecule has 4 aromatic rings. The molecule has 0 atom stereocenters. The first-order chi connectivity index (χ1) is 17.6. The van der Waals surface area contributed by atoms with Gasteiger partial charge in [-0.3, -0.25) is 10.1 Å². The number of piperazine rings is 1. The van der Waals surface area contributed by atoms with Crippen molar-refractivity contribution in [2.45, 2.75) is 6.54 Å². The second-order valence-corrected chi connectivity index (χ2v) is 8.31. The van der Waals surface area contributed by atoms with Gasteiger partial charge in [-0.25, -0.2) is 19.3 Å². The monoisotopic (exact) mass is 485 g/mol. The minimum absolute atomic E-state index is 0.170. The first-order valence-corrected chi connectivity index (χ1v) is 11.6. The summed E-state index contributed by atoms with van der Waals surface area (Å²) in [5.74, 6) is 0.669. The van der Waals surface area contributed by atoms with Crippen molar-refractivity contribution in [1.29, 1.82) is 0 Å². The topological polar surface area (TPSA) is 91.5 Å². The molecule has 1 aliphatic rings. The van der Waals surface area contributed by atoms with E-state index in [0.717, 1.165) is 5.56 Å². The third-order valence-electron chi connectivity index (χ3n) is 6.10. The Morgan fingerprint density at radius 2 is 1.56 bits per heavy atom. The van der Waals surface area contributed by atoms with E-state index in [1.165, 1.54) is 12.4 Å². The highest BCUT2D eigenvalue weighted by molar-refractivity contribution is 5.75. The molecule has 0 spiro atoms. The van der Waals surface area contributed by atoms with Crippen LogP contribution in [0.25, 0.3) is 0 Å². The third kappa shape index (κ3) is 4.78. The largest absolute Gasteiger partial charge is 0.366 e. The highest BCUT2D eigenvalue weighted by atomic mass is 19.1. The molecule has 9 nitrogen and oxygen atoms in total. The standard InChI is InChI=1S/C26H24FN7O2/c27-21-10-4-5-11-22(21)31-14-16-32(17-15-31)25-24(34(35)36)26(30-19-29-25)33(23-12-6-7-13-28-23)18-20-8-2-1-3-9-20/h1-13,19H,14-18H2. The van der Waals surface area contributed by atoms with E-state index in [4.69, 9.17) is 0 Å². The molecular formula is C26H24FN7O2. The van der Waals surface area contributed by atoms with E-state index in [9.17, 15) is 14.5 Å². The molecule has 2 aromatic heterocycles. The van der Waals surface area contributed by atoms with E-state index in [1.807, 2.05) is 46.2 Å². The first kappa shape index (κ1) is 23.2. The second kappa shape index (κ2) is 10.3. The van der Waals surface area contributed by atoms with Crippen LogP contribution >= 0.6 is 0 Å². The van der Waals surface area contributed by atoms with Gasteiger partial charge in [0.05, 0.1) is 17.2 Å². The molecule has 0 saturated carbocycles. The van der Waals surface area contributed by atoms with Crippen LogP contribution in [0.1, 0.15) is 5.56 Å². The minimum atomic E-state index is -0.436. The maximum atomic E-state index is 14.3. The summed E-state index contributed by atoms with van der Waals surface area (Å²) in [6.45, 7) is 2.26. The maximum Gasteiger partial charge on any atom is 0.354 e. The molecule has 1 saturated heterocycles. The molecule has 182 valence electrons. The van der Waals surface area contributed by atoms with Crippen molar-refractivity contribution in [1.82, 2.24) is 15.0 Å². The van der Waals surface area contributed by atoms with E-state index < -0.39 is 4.92 Å². The van der Waals surface area contributed by atoms with Gasteiger partial charge >= 0.3 is 5.69 Å². The number of para-hydroxylation sites is 1. The molecule has 0 radical (unpaired) electrons. The quantitative estimate of drug-likeness (QED) is 0.277. The summed E-state index contributed by atoms with van der Waals surface area (Å²) in [4.78, 5) is 30.6. The molecule has 0 N–H and O–H groups in total. The number of aromatic nitrogens is 3. The summed E-state index contributed by atoms with van der Waals surface area (Å²) < 4.78 is 14.3. The van der Waals surface area contributed by atoms with Gasteiger partial charge in [0.15, 0.2) is 0 Å². The van der Waals surface area contributed by atoms with Crippen LogP contribution in [0, 0.1) is 15.9 Å². The SMILES string of the molecule is O=[N+]([O-])c1c(N2CCN(c3ccccc3F)CC2)ncnc1N(Cc1ccccc1)c1ccccn1. The van der Waals surface area contributed by atoms with E-state index in [2.05, 4.69) is 15.0 Å². The van der Waals surface area contributed by atoms with Crippen molar-refractivity contribution in [3.63, 3.8) is 0 Å². The van der Waals surface area contributed by atoms with Crippen LogP contribution in [-0.4, -0.2) is 46.1 Å². The Balaban J connectivity index is 1.49. The van der Waals surface area contributed by atoms with Gasteiger partial charge in [0.2, 0.25) is 11.6 Å². The Hall–Kier alpha value is -4.60. The number of benzene rings is 2. The molecule has 1 aliphatic heterocycles. The predicted octanol–water partition coefficient (Wildman–Crippen LogP) is 4.58. The van der Waals surface area contributed by atoms with Crippen molar-refractivity contribution in [3.8, 4) is 0 Å². The second-order valence-electron chi connectivity index (χ2n) is 8.31. The number of hydrogen-bond donors (Lipinski definition) is 0. The van der Waals surface area contributed by atoms with Crippen LogP contribution in [0.15, 0.2) is 85.3 Å². The number of pyridine rings is 1. The van der Waals surface area contributed by atoms with Crippen LogP contribution < -0.4 is 14.7 Å². The number of halogens is 1. The highest BCUT2D eigenvalue weighted by Crippen LogP contribution is 2.38. The third-order valence-corrected chi connectivity index (χ3v) is 6.10. The van der Waals surface area contributed by atoms with Gasteiger partial charge < -0.3 is 14.7 Å². The first-order valence-electron chi connectivity index (χ1n) is 11.6. The molecule has 0 aliphatic carbocycles. The van der Waals surface area contributed by atoms with Crippen molar-refractivity contribution in [2.24, 2.45) is 0 Å². The average molecular weight is 486 g/mol. The molecule has 0 amide bonds. The van der Waals surface area contributed by atoms with Crippen molar-refractivity contribution in [3.05, 3.63) is 107 Å². The fourth-order valence-electron chi connectivity index (χ4n) is 4.36. The van der Waals surface area contributed by atoms with Crippen molar-refractivity contribution < 1.29 is 9.31 Å². The van der Waals surface area contributed by atoms with Gasteiger partial charge in [-0.2, -0.15) is 0 Å². The highest BCUT2D eigenvalue weighted by Gasteiger charge is 2.33. The Kier molecular flexibility index (Phi) is 6.65. The number of rotatable bonds is 7. The van der Waals surface area contributed by atoms with Crippen LogP contribution in [0.3, 0.4) is 0 Å². The zero-order valence-electron chi connectivity index (χ0n) is 19.4. The molecule has 0 unspecified atom stereocenters. The van der Waals surface area contributed by atoms with E-state index in [-0.39, 0.29) is 23.1 Å². The zero-order chi connectivity index (χ0) is 24.9.